The van der Waals surface area contributed by atoms with Gasteiger partial charge in [0.25, 0.3) is 0 Å². The number of carboxylic acids is 1. The van der Waals surface area contributed by atoms with Crippen molar-refractivity contribution in [2.45, 2.75) is 38.6 Å². The van der Waals surface area contributed by atoms with E-state index in [0.29, 0.717) is 24.4 Å². The molecule has 2 atom stereocenters. The quantitative estimate of drug-likeness (QED) is 0.649. The van der Waals surface area contributed by atoms with E-state index in [1.54, 1.807) is 24.3 Å². The number of nitrogens with two attached hydrogens (primary N) is 1. The Kier molecular flexibility index (Phi) is 7.46. The molecule has 0 spiro atoms. The van der Waals surface area contributed by atoms with Crippen LogP contribution in [0.25, 0.3) is 0 Å². The van der Waals surface area contributed by atoms with Crippen molar-refractivity contribution in [3.8, 4) is 0 Å². The molecule has 0 aliphatic heterocycles. The van der Waals surface area contributed by atoms with E-state index in [1.165, 1.54) is 0 Å². The van der Waals surface area contributed by atoms with E-state index in [-0.39, 0.29) is 5.91 Å². The van der Waals surface area contributed by atoms with Gasteiger partial charge in [-0.2, -0.15) is 0 Å². The van der Waals surface area contributed by atoms with E-state index in [0.717, 1.165) is 19.3 Å². The van der Waals surface area contributed by atoms with Crippen molar-refractivity contribution in [2.75, 3.05) is 6.54 Å². The number of carbonyl (C=O) groups is 2. The number of hydrogen-bond donors (Lipinski definition) is 3. The first-order valence-electron chi connectivity index (χ1n) is 7.35. The van der Waals surface area contributed by atoms with Crippen LogP contribution in [0.2, 0.25) is 0 Å². The molecule has 0 aromatic heterocycles. The molecule has 0 fully saturated rings. The molecule has 0 radical (unpaired) electrons. The van der Waals surface area contributed by atoms with Gasteiger partial charge in [-0.05, 0) is 30.9 Å². The molecule has 1 rings (SSSR count). The fourth-order valence-corrected chi connectivity index (χ4v) is 2.29. The summed E-state index contributed by atoms with van der Waals surface area (Å²) >= 11 is 0. The Labute approximate surface area is 125 Å². The van der Waals surface area contributed by atoms with Crippen molar-refractivity contribution < 1.29 is 14.7 Å². The molecule has 0 heterocycles. The van der Waals surface area contributed by atoms with E-state index in [9.17, 15) is 14.7 Å². The van der Waals surface area contributed by atoms with Crippen LogP contribution in [0.15, 0.2) is 30.3 Å². The molecular weight excluding hydrogens is 268 g/mol. The lowest BCUT2D eigenvalue weighted by atomic mass is 9.96. The maximum Gasteiger partial charge on any atom is 0.330 e. The van der Waals surface area contributed by atoms with Gasteiger partial charge in [-0.15, -0.1) is 0 Å². The Morgan fingerprint density at radius 3 is 2.43 bits per heavy atom. The Morgan fingerprint density at radius 1 is 1.24 bits per heavy atom. The molecule has 4 N–H and O–H groups in total. The molecule has 1 aromatic carbocycles. The van der Waals surface area contributed by atoms with Crippen LogP contribution in [0.5, 0.6) is 0 Å². The largest absolute Gasteiger partial charge is 0.479 e. The summed E-state index contributed by atoms with van der Waals surface area (Å²) < 4.78 is 0. The van der Waals surface area contributed by atoms with E-state index >= 15 is 0 Å². The molecule has 5 nitrogen and oxygen atoms in total. The first-order valence-corrected chi connectivity index (χ1v) is 7.35. The van der Waals surface area contributed by atoms with Gasteiger partial charge < -0.3 is 16.2 Å². The van der Waals surface area contributed by atoms with E-state index in [2.05, 4.69) is 12.2 Å². The number of carbonyl (C=O) groups excluding carboxylic acids is 1. The van der Waals surface area contributed by atoms with Gasteiger partial charge in [0.15, 0.2) is 6.04 Å². The zero-order valence-electron chi connectivity index (χ0n) is 12.4. The van der Waals surface area contributed by atoms with Crippen LogP contribution in [-0.4, -0.2) is 23.5 Å². The first kappa shape index (κ1) is 17.2. The van der Waals surface area contributed by atoms with Crippen LogP contribution in [0.1, 0.15) is 44.2 Å². The van der Waals surface area contributed by atoms with Gasteiger partial charge in [-0.3, -0.25) is 4.79 Å². The second-order valence-corrected chi connectivity index (χ2v) is 5.14. The minimum Gasteiger partial charge on any atom is -0.479 e. The molecule has 21 heavy (non-hydrogen) atoms. The van der Waals surface area contributed by atoms with Crippen molar-refractivity contribution in [3.63, 3.8) is 0 Å². The molecule has 1 unspecified atom stereocenters. The summed E-state index contributed by atoms with van der Waals surface area (Å²) in [5.41, 5.74) is 6.11. The number of rotatable bonds is 9. The van der Waals surface area contributed by atoms with Crippen molar-refractivity contribution in [2.24, 2.45) is 11.7 Å². The molecule has 0 bridgehead atoms. The Balaban J connectivity index is 2.56. The van der Waals surface area contributed by atoms with Crippen LogP contribution in [0.3, 0.4) is 0 Å². The average Bonchev–Trinajstić information content (AvgIpc) is 2.49. The highest BCUT2D eigenvalue weighted by atomic mass is 16.4. The van der Waals surface area contributed by atoms with Crippen molar-refractivity contribution in [3.05, 3.63) is 35.9 Å². The SMILES string of the molecule is CCC(CCN)CCC(=O)N[C@H](C(=O)O)c1ccccc1. The maximum atomic E-state index is 12.0. The third-order valence-electron chi connectivity index (χ3n) is 3.62. The molecule has 1 aromatic rings. The number of amides is 1. The third kappa shape index (κ3) is 5.95. The number of nitrogens with one attached hydrogen (secondary N) is 1. The summed E-state index contributed by atoms with van der Waals surface area (Å²) in [5, 5.41) is 11.8. The summed E-state index contributed by atoms with van der Waals surface area (Å²) in [6, 6.07) is 7.72. The van der Waals surface area contributed by atoms with E-state index < -0.39 is 12.0 Å². The Morgan fingerprint density at radius 2 is 1.90 bits per heavy atom. The average molecular weight is 292 g/mol. The lowest BCUT2D eigenvalue weighted by Gasteiger charge is -2.17. The zero-order valence-corrected chi connectivity index (χ0v) is 12.4. The van der Waals surface area contributed by atoms with E-state index in [1.807, 2.05) is 6.07 Å². The summed E-state index contributed by atoms with van der Waals surface area (Å²) in [5.74, 6) is -0.869. The normalized spacial score (nSPS) is 13.4. The molecule has 116 valence electrons. The molecule has 5 heteroatoms. The van der Waals surface area contributed by atoms with Crippen LogP contribution >= 0.6 is 0 Å². The van der Waals surface area contributed by atoms with Crippen LogP contribution in [-0.2, 0) is 9.59 Å². The molecule has 0 aliphatic carbocycles. The number of benzene rings is 1. The van der Waals surface area contributed by atoms with Crippen LogP contribution in [0.4, 0.5) is 0 Å². The highest BCUT2D eigenvalue weighted by molar-refractivity contribution is 5.84. The van der Waals surface area contributed by atoms with Gasteiger partial charge in [0.05, 0.1) is 0 Å². The monoisotopic (exact) mass is 292 g/mol. The second-order valence-electron chi connectivity index (χ2n) is 5.14. The minimum absolute atomic E-state index is 0.235. The number of aliphatic carboxylic acids is 1. The van der Waals surface area contributed by atoms with Crippen LogP contribution < -0.4 is 11.1 Å². The standard InChI is InChI=1S/C16H24N2O3/c1-2-12(10-11-17)8-9-14(19)18-15(16(20)21)13-6-4-3-5-7-13/h3-7,12,15H,2,8-11,17H2,1H3,(H,18,19)(H,20,21)/t12?,15-/m0/s1. The summed E-state index contributed by atoms with van der Waals surface area (Å²) in [7, 11) is 0. The topological polar surface area (TPSA) is 92.4 Å². The highest BCUT2D eigenvalue weighted by Crippen LogP contribution is 2.16. The van der Waals surface area contributed by atoms with Gasteiger partial charge in [-0.25, -0.2) is 4.79 Å². The van der Waals surface area contributed by atoms with Crippen molar-refractivity contribution >= 4 is 11.9 Å². The molecular formula is C16H24N2O3. The zero-order chi connectivity index (χ0) is 15.7. The molecule has 0 aliphatic rings. The highest BCUT2D eigenvalue weighted by Gasteiger charge is 2.21. The smallest absolute Gasteiger partial charge is 0.330 e. The predicted molar refractivity (Wildman–Crippen MR) is 81.6 cm³/mol. The lowest BCUT2D eigenvalue weighted by molar-refractivity contribution is -0.142. The predicted octanol–water partition coefficient (Wildman–Crippen LogP) is 2.08. The molecule has 1 amide bonds. The first-order chi connectivity index (χ1) is 10.1. The lowest BCUT2D eigenvalue weighted by Crippen LogP contribution is -2.33. The fourth-order valence-electron chi connectivity index (χ4n) is 2.29. The van der Waals surface area contributed by atoms with Gasteiger partial charge >= 0.3 is 5.97 Å². The summed E-state index contributed by atoms with van der Waals surface area (Å²) in [6.07, 6.45) is 2.94. The van der Waals surface area contributed by atoms with Gasteiger partial charge in [0, 0.05) is 6.42 Å². The summed E-state index contributed by atoms with van der Waals surface area (Å²) in [6.45, 7) is 2.68. The van der Waals surface area contributed by atoms with Gasteiger partial charge in [-0.1, -0.05) is 43.7 Å². The van der Waals surface area contributed by atoms with Gasteiger partial charge in [0.1, 0.15) is 0 Å². The van der Waals surface area contributed by atoms with Gasteiger partial charge in [0.2, 0.25) is 5.91 Å². The van der Waals surface area contributed by atoms with Crippen molar-refractivity contribution in [1.82, 2.24) is 5.32 Å². The Hall–Kier alpha value is -1.88. The van der Waals surface area contributed by atoms with E-state index in [4.69, 9.17) is 5.73 Å². The molecule has 0 saturated heterocycles. The number of carboxylic acid groups (broad SMARTS) is 1. The number of hydrogen-bond acceptors (Lipinski definition) is 3. The minimum atomic E-state index is -1.05. The maximum absolute atomic E-state index is 12.0. The summed E-state index contributed by atoms with van der Waals surface area (Å²) in [4.78, 5) is 23.3. The second kappa shape index (κ2) is 9.13. The fraction of sp³-hybridized carbons (Fsp3) is 0.500. The third-order valence-corrected chi connectivity index (χ3v) is 3.62. The molecule has 0 saturated carbocycles. The van der Waals surface area contributed by atoms with Crippen LogP contribution in [0, 0.1) is 5.92 Å². The van der Waals surface area contributed by atoms with Crippen molar-refractivity contribution in [1.29, 1.82) is 0 Å². The Bertz CT molecular complexity index is 448.